The fourth-order valence-electron chi connectivity index (χ4n) is 3.65. The number of aryl methyl sites for hydroxylation is 1. The third kappa shape index (κ3) is 3.57. The highest BCUT2D eigenvalue weighted by atomic mass is 16.4. The van der Waals surface area contributed by atoms with Gasteiger partial charge in [-0.05, 0) is 36.8 Å². The van der Waals surface area contributed by atoms with Crippen LogP contribution in [0.1, 0.15) is 39.4 Å². The minimum absolute atomic E-state index is 0.0290. The van der Waals surface area contributed by atoms with E-state index >= 15 is 0 Å². The summed E-state index contributed by atoms with van der Waals surface area (Å²) in [7, 11) is 0. The number of para-hydroxylation sites is 2. The van der Waals surface area contributed by atoms with Gasteiger partial charge in [0.2, 0.25) is 0 Å². The van der Waals surface area contributed by atoms with E-state index in [9.17, 15) is 19.8 Å². The van der Waals surface area contributed by atoms with Crippen LogP contribution in [-0.4, -0.2) is 16.0 Å². The Morgan fingerprint density at radius 1 is 0.933 bits per heavy atom. The average molecular weight is 400 g/mol. The Hall–Kier alpha value is -3.86. The van der Waals surface area contributed by atoms with Crippen LogP contribution in [0.5, 0.6) is 11.5 Å². The van der Waals surface area contributed by atoms with Crippen LogP contribution >= 0.6 is 0 Å². The van der Waals surface area contributed by atoms with Gasteiger partial charge in [0.15, 0.2) is 5.78 Å². The Balaban J connectivity index is 1.87. The van der Waals surface area contributed by atoms with E-state index in [1.165, 1.54) is 12.1 Å². The van der Waals surface area contributed by atoms with E-state index < -0.39 is 11.5 Å². The normalized spacial score (nSPS) is 12.0. The van der Waals surface area contributed by atoms with Gasteiger partial charge in [-0.3, -0.25) is 4.79 Å². The van der Waals surface area contributed by atoms with Crippen molar-refractivity contribution in [2.24, 2.45) is 0 Å². The second-order valence-electron chi connectivity index (χ2n) is 7.26. The van der Waals surface area contributed by atoms with Gasteiger partial charge in [0.25, 0.3) is 0 Å². The van der Waals surface area contributed by atoms with Crippen LogP contribution in [0.25, 0.3) is 11.0 Å². The van der Waals surface area contributed by atoms with Gasteiger partial charge < -0.3 is 14.6 Å². The maximum Gasteiger partial charge on any atom is 0.343 e. The Morgan fingerprint density at radius 3 is 2.33 bits per heavy atom. The summed E-state index contributed by atoms with van der Waals surface area (Å²) in [6, 6.07) is 20.4. The predicted molar refractivity (Wildman–Crippen MR) is 114 cm³/mol. The fourth-order valence-corrected chi connectivity index (χ4v) is 3.65. The summed E-state index contributed by atoms with van der Waals surface area (Å²) >= 11 is 0. The summed E-state index contributed by atoms with van der Waals surface area (Å²) < 4.78 is 5.43. The Kier molecular flexibility index (Phi) is 5.11. The Bertz CT molecular complexity index is 1290. The molecule has 0 aliphatic carbocycles. The maximum atomic E-state index is 13.0. The highest BCUT2D eigenvalue weighted by molar-refractivity contribution is 5.99. The molecule has 1 unspecified atom stereocenters. The molecule has 4 rings (SSSR count). The van der Waals surface area contributed by atoms with Crippen LogP contribution in [0.2, 0.25) is 0 Å². The van der Waals surface area contributed by atoms with E-state index in [0.717, 1.165) is 5.56 Å². The zero-order valence-electron chi connectivity index (χ0n) is 16.3. The molecule has 1 heterocycles. The zero-order chi connectivity index (χ0) is 21.3. The van der Waals surface area contributed by atoms with Gasteiger partial charge in [0, 0.05) is 12.3 Å². The lowest BCUT2D eigenvalue weighted by Crippen LogP contribution is -2.17. The van der Waals surface area contributed by atoms with E-state index in [2.05, 4.69) is 0 Å². The van der Waals surface area contributed by atoms with Crippen molar-refractivity contribution in [1.29, 1.82) is 0 Å². The molecular weight excluding hydrogens is 380 g/mol. The van der Waals surface area contributed by atoms with Crippen molar-refractivity contribution in [1.82, 2.24) is 0 Å². The molecule has 1 atom stereocenters. The number of rotatable bonds is 5. The van der Waals surface area contributed by atoms with Gasteiger partial charge in [-0.1, -0.05) is 54.1 Å². The van der Waals surface area contributed by atoms with Gasteiger partial charge in [-0.25, -0.2) is 4.79 Å². The minimum Gasteiger partial charge on any atom is -0.507 e. The van der Waals surface area contributed by atoms with Crippen molar-refractivity contribution < 1.29 is 19.4 Å². The molecule has 30 heavy (non-hydrogen) atoms. The lowest BCUT2D eigenvalue weighted by molar-refractivity contribution is 0.0974. The summed E-state index contributed by atoms with van der Waals surface area (Å²) in [6.45, 7) is 1.94. The molecule has 0 saturated heterocycles. The Labute approximate surface area is 172 Å². The van der Waals surface area contributed by atoms with Crippen molar-refractivity contribution in [3.8, 4) is 11.5 Å². The largest absolute Gasteiger partial charge is 0.507 e. The molecule has 5 heteroatoms. The van der Waals surface area contributed by atoms with Gasteiger partial charge >= 0.3 is 5.63 Å². The fraction of sp³-hybridized carbons (Fsp3) is 0.120. The number of fused-ring (bicyclic) bond motifs is 1. The van der Waals surface area contributed by atoms with E-state index in [1.807, 2.05) is 31.2 Å². The molecule has 0 aliphatic heterocycles. The number of phenols is 1. The van der Waals surface area contributed by atoms with Crippen LogP contribution in [0.4, 0.5) is 0 Å². The van der Waals surface area contributed by atoms with Crippen LogP contribution in [0.15, 0.2) is 82.0 Å². The second-order valence-corrected chi connectivity index (χ2v) is 7.26. The number of ketones is 1. The van der Waals surface area contributed by atoms with Gasteiger partial charge in [-0.15, -0.1) is 0 Å². The molecular formula is C25H20O5. The minimum atomic E-state index is -0.737. The number of benzene rings is 3. The molecule has 1 aromatic heterocycles. The molecule has 0 aliphatic rings. The van der Waals surface area contributed by atoms with Gasteiger partial charge in [0.1, 0.15) is 17.1 Å². The third-order valence-corrected chi connectivity index (χ3v) is 5.24. The molecule has 0 bridgehead atoms. The topological polar surface area (TPSA) is 87.7 Å². The van der Waals surface area contributed by atoms with E-state index in [1.54, 1.807) is 36.4 Å². The lowest BCUT2D eigenvalue weighted by Gasteiger charge is -2.18. The second kappa shape index (κ2) is 7.87. The van der Waals surface area contributed by atoms with E-state index in [0.29, 0.717) is 10.9 Å². The number of carbonyl (C=O) groups excluding carboxylic acids is 1. The first-order valence-corrected chi connectivity index (χ1v) is 9.58. The molecule has 5 nitrogen and oxygen atoms in total. The Morgan fingerprint density at radius 2 is 1.60 bits per heavy atom. The lowest BCUT2D eigenvalue weighted by atomic mass is 9.85. The summed E-state index contributed by atoms with van der Waals surface area (Å²) in [6.07, 6.45) is -0.114. The zero-order valence-corrected chi connectivity index (χ0v) is 16.3. The number of carbonyl (C=O) groups is 1. The van der Waals surface area contributed by atoms with Crippen LogP contribution in [0.3, 0.4) is 0 Å². The van der Waals surface area contributed by atoms with Crippen molar-refractivity contribution in [3.63, 3.8) is 0 Å². The maximum absolute atomic E-state index is 13.0. The monoisotopic (exact) mass is 400 g/mol. The number of Topliss-reactive ketones (excluding diaryl/α,β-unsaturated/α-hetero) is 1. The van der Waals surface area contributed by atoms with Crippen LogP contribution in [0, 0.1) is 6.92 Å². The van der Waals surface area contributed by atoms with Crippen LogP contribution in [-0.2, 0) is 0 Å². The van der Waals surface area contributed by atoms with Crippen molar-refractivity contribution >= 4 is 16.8 Å². The summed E-state index contributed by atoms with van der Waals surface area (Å²) in [5, 5.41) is 21.4. The highest BCUT2D eigenvalue weighted by Crippen LogP contribution is 2.37. The smallest absolute Gasteiger partial charge is 0.343 e. The van der Waals surface area contributed by atoms with E-state index in [4.69, 9.17) is 4.42 Å². The summed E-state index contributed by atoms with van der Waals surface area (Å²) in [5.41, 5.74) is 1.50. The first-order valence-electron chi connectivity index (χ1n) is 9.58. The average Bonchev–Trinajstić information content (AvgIpc) is 2.74. The predicted octanol–water partition coefficient (Wildman–Crippen LogP) is 4.92. The molecule has 0 spiro atoms. The molecule has 0 fully saturated rings. The number of aromatic hydroxyl groups is 2. The molecule has 150 valence electrons. The number of phenolic OH excluding ortho intramolecular Hbond substituents is 1. The first-order chi connectivity index (χ1) is 14.5. The first kappa shape index (κ1) is 19.5. The molecule has 0 saturated carbocycles. The van der Waals surface area contributed by atoms with Crippen molar-refractivity contribution in [3.05, 3.63) is 105 Å². The van der Waals surface area contributed by atoms with Gasteiger partial charge in [-0.2, -0.15) is 0 Å². The molecule has 2 N–H and O–H groups in total. The number of hydrogen-bond acceptors (Lipinski definition) is 5. The SMILES string of the molecule is Cc1ccc(C(CC(=O)c2ccccc2O)c2c(O)c3ccccc3oc2=O)cc1. The third-order valence-electron chi connectivity index (χ3n) is 5.24. The van der Waals surface area contributed by atoms with Gasteiger partial charge in [0.05, 0.1) is 16.5 Å². The molecule has 0 amide bonds. The van der Waals surface area contributed by atoms with Crippen molar-refractivity contribution in [2.45, 2.75) is 19.3 Å². The molecule has 3 aromatic carbocycles. The highest BCUT2D eigenvalue weighted by Gasteiger charge is 2.28. The molecule has 4 aromatic rings. The summed E-state index contributed by atoms with van der Waals surface area (Å²) in [5.74, 6) is -1.40. The quantitative estimate of drug-likeness (QED) is 0.367. The molecule has 0 radical (unpaired) electrons. The van der Waals surface area contributed by atoms with Crippen molar-refractivity contribution in [2.75, 3.05) is 0 Å². The standard InChI is InChI=1S/C25H20O5/c1-15-10-12-16(13-11-15)19(14-21(27)17-6-2-4-8-20(17)26)23-24(28)18-7-3-5-9-22(18)30-25(23)29/h2-13,19,26,28H,14H2,1H3. The number of hydrogen-bond donors (Lipinski definition) is 2. The van der Waals surface area contributed by atoms with E-state index in [-0.39, 0.29) is 40.4 Å². The summed E-state index contributed by atoms with van der Waals surface area (Å²) in [4.78, 5) is 25.8. The van der Waals surface area contributed by atoms with Crippen LogP contribution < -0.4 is 5.63 Å².